The third-order valence-electron chi connectivity index (χ3n) is 3.54. The molecule has 1 unspecified atom stereocenters. The van der Waals surface area contributed by atoms with Crippen LogP contribution in [0.5, 0.6) is 0 Å². The zero-order valence-corrected chi connectivity index (χ0v) is 13.6. The maximum absolute atomic E-state index is 12.3. The number of likely N-dealkylation sites (N-methyl/N-ethyl adjacent to an activating group) is 1. The van der Waals surface area contributed by atoms with E-state index in [4.69, 9.17) is 0 Å². The first-order valence-electron chi connectivity index (χ1n) is 6.56. The van der Waals surface area contributed by atoms with Gasteiger partial charge in [-0.25, -0.2) is 13.1 Å². The molecule has 20 heavy (non-hydrogen) atoms. The van der Waals surface area contributed by atoms with Crippen molar-refractivity contribution in [2.24, 2.45) is 0 Å². The number of hydrogen-bond donors (Lipinski definition) is 2. The molecule has 0 saturated carbocycles. The van der Waals surface area contributed by atoms with Crippen molar-refractivity contribution in [2.45, 2.75) is 38.3 Å². The highest BCUT2D eigenvalue weighted by molar-refractivity contribution is 7.89. The van der Waals surface area contributed by atoms with E-state index in [9.17, 15) is 13.5 Å². The van der Waals surface area contributed by atoms with Crippen molar-refractivity contribution in [1.29, 1.82) is 0 Å². The number of aliphatic hydroxyl groups is 1. The third kappa shape index (κ3) is 4.02. The van der Waals surface area contributed by atoms with E-state index >= 15 is 0 Å². The van der Waals surface area contributed by atoms with Gasteiger partial charge in [0.25, 0.3) is 0 Å². The molecule has 0 amide bonds. The summed E-state index contributed by atoms with van der Waals surface area (Å²) in [6.45, 7) is 5.75. The molecule has 0 radical (unpaired) electrons. The van der Waals surface area contributed by atoms with E-state index in [1.807, 2.05) is 32.8 Å². The van der Waals surface area contributed by atoms with Gasteiger partial charge in [-0.15, -0.1) is 0 Å². The zero-order valence-electron chi connectivity index (χ0n) is 12.8. The second-order valence-corrected chi connectivity index (χ2v) is 7.10. The van der Waals surface area contributed by atoms with Crippen LogP contribution in [-0.2, 0) is 16.6 Å². The average Bonchev–Trinajstić information content (AvgIpc) is 2.35. The van der Waals surface area contributed by atoms with Crippen molar-refractivity contribution in [3.8, 4) is 0 Å². The molecular weight excluding hydrogens is 276 g/mol. The van der Waals surface area contributed by atoms with Crippen molar-refractivity contribution in [3.63, 3.8) is 0 Å². The van der Waals surface area contributed by atoms with Gasteiger partial charge in [0.05, 0.1) is 11.5 Å². The van der Waals surface area contributed by atoms with Crippen LogP contribution in [0.3, 0.4) is 0 Å². The van der Waals surface area contributed by atoms with E-state index in [2.05, 4.69) is 4.72 Å². The molecule has 0 bridgehead atoms. The van der Waals surface area contributed by atoms with Gasteiger partial charge >= 0.3 is 0 Å². The van der Waals surface area contributed by atoms with Crippen LogP contribution in [0, 0.1) is 13.8 Å². The summed E-state index contributed by atoms with van der Waals surface area (Å²) in [6.07, 6.45) is 0. The summed E-state index contributed by atoms with van der Waals surface area (Å²) in [7, 11) is 0.249. The zero-order chi connectivity index (χ0) is 15.5. The van der Waals surface area contributed by atoms with Crippen LogP contribution in [-0.4, -0.2) is 45.1 Å². The minimum Gasteiger partial charge on any atom is -0.392 e. The van der Waals surface area contributed by atoms with E-state index in [1.54, 1.807) is 19.1 Å². The van der Waals surface area contributed by atoms with Crippen molar-refractivity contribution >= 4 is 10.0 Å². The van der Waals surface area contributed by atoms with Gasteiger partial charge in [0.1, 0.15) is 0 Å². The summed E-state index contributed by atoms with van der Waals surface area (Å²) in [5, 5.41) is 9.27. The second-order valence-electron chi connectivity index (χ2n) is 5.37. The van der Waals surface area contributed by atoms with Gasteiger partial charge in [0.15, 0.2) is 0 Å². The first-order valence-corrected chi connectivity index (χ1v) is 8.04. The predicted molar refractivity (Wildman–Crippen MR) is 80.2 cm³/mol. The maximum Gasteiger partial charge on any atom is 0.240 e. The Bertz CT molecular complexity index is 568. The average molecular weight is 300 g/mol. The van der Waals surface area contributed by atoms with Crippen molar-refractivity contribution in [3.05, 3.63) is 28.8 Å². The normalized spacial score (nSPS) is 13.8. The van der Waals surface area contributed by atoms with Gasteiger partial charge in [0, 0.05) is 12.6 Å². The van der Waals surface area contributed by atoms with Gasteiger partial charge in [-0.1, -0.05) is 6.07 Å². The summed E-state index contributed by atoms with van der Waals surface area (Å²) in [5.41, 5.74) is 2.21. The fourth-order valence-electron chi connectivity index (χ4n) is 1.82. The summed E-state index contributed by atoms with van der Waals surface area (Å²) < 4.78 is 27.3. The van der Waals surface area contributed by atoms with Crippen molar-refractivity contribution < 1.29 is 13.5 Å². The van der Waals surface area contributed by atoms with Crippen LogP contribution in [0.4, 0.5) is 0 Å². The van der Waals surface area contributed by atoms with Crippen molar-refractivity contribution in [1.82, 2.24) is 9.62 Å². The Hall–Kier alpha value is -0.950. The lowest BCUT2D eigenvalue weighted by atomic mass is 10.1. The van der Waals surface area contributed by atoms with Gasteiger partial charge < -0.3 is 10.0 Å². The van der Waals surface area contributed by atoms with Crippen LogP contribution in [0.1, 0.15) is 23.6 Å². The molecule has 1 rings (SSSR count). The number of sulfonamides is 1. The molecule has 0 aliphatic carbocycles. The van der Waals surface area contributed by atoms with E-state index in [0.717, 1.165) is 5.56 Å². The predicted octanol–water partition coefficient (Wildman–Crippen LogP) is 1.02. The lowest BCUT2D eigenvalue weighted by Crippen LogP contribution is -2.38. The molecule has 0 aliphatic heterocycles. The molecule has 1 atom stereocenters. The quantitative estimate of drug-likeness (QED) is 0.823. The van der Waals surface area contributed by atoms with Gasteiger partial charge in [-0.2, -0.15) is 0 Å². The monoisotopic (exact) mass is 300 g/mol. The summed E-state index contributed by atoms with van der Waals surface area (Å²) in [6, 6.07) is 3.44. The van der Waals surface area contributed by atoms with Crippen LogP contribution in [0.15, 0.2) is 17.0 Å². The first kappa shape index (κ1) is 17.1. The number of benzene rings is 1. The van der Waals surface area contributed by atoms with Crippen LogP contribution in [0.2, 0.25) is 0 Å². The summed E-state index contributed by atoms with van der Waals surface area (Å²) in [4.78, 5) is 2.18. The SMILES string of the molecule is Cc1cc(C)c(S(=O)(=O)NCC(C)N(C)C)cc1CO. The van der Waals surface area contributed by atoms with Crippen molar-refractivity contribution in [2.75, 3.05) is 20.6 Å². The molecular formula is C14H24N2O3S. The number of rotatable bonds is 6. The number of nitrogens with zero attached hydrogens (tertiary/aromatic N) is 1. The number of hydrogen-bond acceptors (Lipinski definition) is 4. The van der Waals surface area contributed by atoms with Crippen LogP contribution >= 0.6 is 0 Å². The van der Waals surface area contributed by atoms with Gasteiger partial charge in [0.2, 0.25) is 10.0 Å². The smallest absolute Gasteiger partial charge is 0.240 e. The summed E-state index contributed by atoms with van der Waals surface area (Å²) in [5.74, 6) is 0. The third-order valence-corrected chi connectivity index (χ3v) is 5.11. The fourth-order valence-corrected chi connectivity index (χ4v) is 3.22. The molecule has 1 aromatic rings. The number of aryl methyl sites for hydroxylation is 2. The summed E-state index contributed by atoms with van der Waals surface area (Å²) >= 11 is 0. The largest absolute Gasteiger partial charge is 0.392 e. The first-order chi connectivity index (χ1) is 9.19. The Balaban J connectivity index is 3.04. The van der Waals surface area contributed by atoms with E-state index in [-0.39, 0.29) is 17.5 Å². The van der Waals surface area contributed by atoms with E-state index in [0.29, 0.717) is 17.7 Å². The highest BCUT2D eigenvalue weighted by atomic mass is 32.2. The highest BCUT2D eigenvalue weighted by Gasteiger charge is 2.19. The minimum atomic E-state index is -3.56. The molecule has 0 spiro atoms. The topological polar surface area (TPSA) is 69.6 Å². The molecule has 1 aromatic carbocycles. The lowest BCUT2D eigenvalue weighted by Gasteiger charge is -2.20. The van der Waals surface area contributed by atoms with Crippen LogP contribution in [0.25, 0.3) is 0 Å². The van der Waals surface area contributed by atoms with Crippen LogP contribution < -0.4 is 4.72 Å². The van der Waals surface area contributed by atoms with Gasteiger partial charge in [-0.05, 0) is 57.6 Å². The minimum absolute atomic E-state index is 0.104. The van der Waals surface area contributed by atoms with E-state index < -0.39 is 10.0 Å². The molecule has 6 heteroatoms. The van der Waals surface area contributed by atoms with Gasteiger partial charge in [-0.3, -0.25) is 0 Å². The fraction of sp³-hybridized carbons (Fsp3) is 0.571. The lowest BCUT2D eigenvalue weighted by molar-refractivity contribution is 0.280. The standard InChI is InChI=1S/C14H24N2O3S/c1-10-6-11(2)14(7-13(10)9-17)20(18,19)15-8-12(3)16(4)5/h6-7,12,15,17H,8-9H2,1-5H3. The molecule has 0 fully saturated rings. The Morgan fingerprint density at radius 3 is 2.35 bits per heavy atom. The molecule has 2 N–H and O–H groups in total. The molecule has 0 aromatic heterocycles. The number of aliphatic hydroxyl groups excluding tert-OH is 1. The Labute approximate surface area is 121 Å². The Morgan fingerprint density at radius 1 is 1.25 bits per heavy atom. The molecule has 0 saturated heterocycles. The Morgan fingerprint density at radius 2 is 1.85 bits per heavy atom. The molecule has 0 heterocycles. The highest BCUT2D eigenvalue weighted by Crippen LogP contribution is 2.20. The Kier molecular flexibility index (Phi) is 5.70. The molecule has 0 aliphatic rings. The molecule has 114 valence electrons. The van der Waals surface area contributed by atoms with E-state index in [1.165, 1.54) is 0 Å². The number of nitrogens with one attached hydrogen (secondary N) is 1. The molecule has 5 nitrogen and oxygen atoms in total. The second kappa shape index (κ2) is 6.67. The maximum atomic E-state index is 12.3.